The number of benzene rings is 10. The zero-order valence-corrected chi connectivity index (χ0v) is 36.0. The fourth-order valence-electron chi connectivity index (χ4n) is 10.4. The molecule has 0 bridgehead atoms. The average Bonchev–Trinajstić information content (AvgIpc) is 3.84. The fourth-order valence-corrected chi connectivity index (χ4v) is 11.6. The molecule has 0 saturated carbocycles. The van der Waals surface area contributed by atoms with Crippen LogP contribution in [0.4, 0.5) is 17.1 Å². The van der Waals surface area contributed by atoms with Crippen molar-refractivity contribution in [2.75, 3.05) is 4.90 Å². The van der Waals surface area contributed by atoms with Crippen molar-refractivity contribution in [2.24, 2.45) is 0 Å². The van der Waals surface area contributed by atoms with Crippen LogP contribution in [0, 0.1) is 0 Å². The standard InChI is InChI=1S/C61H43NS/c1-61(2)53-31-10-6-25-52(53)59-50(29-17-32-54(59)61)47-23-8-12-34-56(47)62(43-38-36-41(37-39-43)45-27-16-30-51-48-24-9-13-35-57(48)63-60(45)51)55-33-11-7-22-46(55)49-28-15-21-42-20-14-26-44(58(42)49)40-18-4-3-5-19-40/h3-39H,1-2H3. The summed E-state index contributed by atoms with van der Waals surface area (Å²) in [5.41, 5.74) is 18.3. The Morgan fingerprint density at radius 1 is 0.365 bits per heavy atom. The first-order valence-corrected chi connectivity index (χ1v) is 22.7. The van der Waals surface area contributed by atoms with E-state index >= 15 is 0 Å². The number of fused-ring (bicyclic) bond motifs is 7. The van der Waals surface area contributed by atoms with Gasteiger partial charge in [0, 0.05) is 42.4 Å². The molecular weight excluding hydrogens is 779 g/mol. The first kappa shape index (κ1) is 37.3. The Kier molecular flexibility index (Phi) is 8.77. The highest BCUT2D eigenvalue weighted by Gasteiger charge is 2.37. The maximum atomic E-state index is 2.50. The van der Waals surface area contributed by atoms with E-state index in [0.29, 0.717) is 0 Å². The van der Waals surface area contributed by atoms with Crippen molar-refractivity contribution in [3.8, 4) is 55.6 Å². The maximum absolute atomic E-state index is 2.50. The molecule has 11 aromatic rings. The summed E-state index contributed by atoms with van der Waals surface area (Å²) in [4.78, 5) is 2.50. The summed E-state index contributed by atoms with van der Waals surface area (Å²) < 4.78 is 2.64. The lowest BCUT2D eigenvalue weighted by Crippen LogP contribution is -2.15. The molecule has 0 fully saturated rings. The van der Waals surface area contributed by atoms with E-state index in [1.807, 2.05) is 11.3 Å². The maximum Gasteiger partial charge on any atom is 0.0540 e. The Morgan fingerprint density at radius 3 is 1.67 bits per heavy atom. The molecule has 0 radical (unpaired) electrons. The average molecular weight is 822 g/mol. The van der Waals surface area contributed by atoms with Gasteiger partial charge in [0.2, 0.25) is 0 Å². The number of hydrogen-bond acceptors (Lipinski definition) is 2. The molecular formula is C61H43NS. The van der Waals surface area contributed by atoms with Gasteiger partial charge in [-0.25, -0.2) is 0 Å². The minimum absolute atomic E-state index is 0.110. The molecule has 0 aliphatic heterocycles. The summed E-state index contributed by atoms with van der Waals surface area (Å²) in [6.07, 6.45) is 0. The van der Waals surface area contributed by atoms with Crippen molar-refractivity contribution in [1.82, 2.24) is 0 Å². The highest BCUT2D eigenvalue weighted by molar-refractivity contribution is 7.26. The summed E-state index contributed by atoms with van der Waals surface area (Å²) >= 11 is 1.88. The molecule has 0 N–H and O–H groups in total. The van der Waals surface area contributed by atoms with Crippen molar-refractivity contribution in [3.05, 3.63) is 236 Å². The van der Waals surface area contributed by atoms with Crippen molar-refractivity contribution in [1.29, 1.82) is 0 Å². The number of thiophene rings is 1. The van der Waals surface area contributed by atoms with Crippen molar-refractivity contribution in [3.63, 3.8) is 0 Å². The van der Waals surface area contributed by atoms with Crippen LogP contribution in [0.25, 0.3) is 86.6 Å². The highest BCUT2D eigenvalue weighted by atomic mass is 32.1. The van der Waals surface area contributed by atoms with Gasteiger partial charge in [0.25, 0.3) is 0 Å². The Balaban J connectivity index is 1.10. The van der Waals surface area contributed by atoms with Crippen LogP contribution in [0.1, 0.15) is 25.0 Å². The van der Waals surface area contributed by atoms with Gasteiger partial charge in [-0.05, 0) is 96.7 Å². The van der Waals surface area contributed by atoms with E-state index in [1.165, 1.54) is 97.7 Å². The third-order valence-electron chi connectivity index (χ3n) is 13.3. The lowest BCUT2D eigenvalue weighted by Gasteiger charge is -2.31. The van der Waals surface area contributed by atoms with E-state index in [9.17, 15) is 0 Å². The van der Waals surface area contributed by atoms with Crippen LogP contribution in [0.2, 0.25) is 0 Å². The molecule has 1 aliphatic carbocycles. The molecule has 0 spiro atoms. The number of hydrogen-bond donors (Lipinski definition) is 0. The molecule has 0 saturated heterocycles. The molecule has 0 atom stereocenters. The van der Waals surface area contributed by atoms with Gasteiger partial charge in [0.05, 0.1) is 11.4 Å². The van der Waals surface area contributed by atoms with E-state index in [1.54, 1.807) is 0 Å². The second-order valence-electron chi connectivity index (χ2n) is 17.2. The number of anilines is 3. The van der Waals surface area contributed by atoms with E-state index in [2.05, 4.69) is 243 Å². The summed E-state index contributed by atoms with van der Waals surface area (Å²) in [5.74, 6) is 0. The zero-order valence-electron chi connectivity index (χ0n) is 35.2. The van der Waals surface area contributed by atoms with Crippen molar-refractivity contribution in [2.45, 2.75) is 19.3 Å². The second-order valence-corrected chi connectivity index (χ2v) is 18.2. The van der Waals surface area contributed by atoms with Gasteiger partial charge in [0.1, 0.15) is 0 Å². The normalized spacial score (nSPS) is 12.7. The SMILES string of the molecule is CC1(C)c2ccccc2-c2c(-c3ccccc3N(c3ccc(-c4cccc5c4sc4ccccc45)cc3)c3ccccc3-c3cccc4cccc(-c5ccccc5)c34)cccc21. The quantitative estimate of drug-likeness (QED) is 0.155. The summed E-state index contributed by atoms with van der Waals surface area (Å²) in [6, 6.07) is 82.9. The van der Waals surface area contributed by atoms with E-state index in [-0.39, 0.29) is 5.41 Å². The van der Waals surface area contributed by atoms with Crippen LogP contribution in [0.3, 0.4) is 0 Å². The molecule has 63 heavy (non-hydrogen) atoms. The van der Waals surface area contributed by atoms with Gasteiger partial charge in [-0.15, -0.1) is 11.3 Å². The van der Waals surface area contributed by atoms with Crippen molar-refractivity contribution < 1.29 is 0 Å². The topological polar surface area (TPSA) is 3.24 Å². The molecule has 10 aromatic carbocycles. The highest BCUT2D eigenvalue weighted by Crippen LogP contribution is 2.54. The van der Waals surface area contributed by atoms with Crippen molar-refractivity contribution >= 4 is 59.3 Å². The van der Waals surface area contributed by atoms with Gasteiger partial charge < -0.3 is 4.90 Å². The Morgan fingerprint density at radius 2 is 0.889 bits per heavy atom. The summed E-state index contributed by atoms with van der Waals surface area (Å²) in [6.45, 7) is 4.73. The van der Waals surface area contributed by atoms with Gasteiger partial charge in [0.15, 0.2) is 0 Å². The predicted octanol–water partition coefficient (Wildman–Crippen LogP) is 17.7. The molecule has 2 heteroatoms. The lowest BCUT2D eigenvalue weighted by atomic mass is 9.82. The number of para-hydroxylation sites is 2. The molecule has 1 heterocycles. The third-order valence-corrected chi connectivity index (χ3v) is 14.5. The first-order chi connectivity index (χ1) is 31.0. The Hall–Kier alpha value is -7.52. The minimum atomic E-state index is -0.110. The fraction of sp³-hybridized carbons (Fsp3) is 0.0492. The van der Waals surface area contributed by atoms with Crippen LogP contribution >= 0.6 is 11.3 Å². The van der Waals surface area contributed by atoms with Gasteiger partial charge >= 0.3 is 0 Å². The molecule has 12 rings (SSSR count). The van der Waals surface area contributed by atoms with Crippen LogP contribution < -0.4 is 4.90 Å². The summed E-state index contributed by atoms with van der Waals surface area (Å²) in [7, 11) is 0. The number of nitrogens with zero attached hydrogens (tertiary/aromatic N) is 1. The molecule has 1 nitrogen and oxygen atoms in total. The largest absolute Gasteiger partial charge is 0.309 e. The summed E-state index contributed by atoms with van der Waals surface area (Å²) in [5, 5.41) is 5.10. The molecule has 0 unspecified atom stereocenters. The van der Waals surface area contributed by atoms with Gasteiger partial charge in [-0.1, -0.05) is 208 Å². The van der Waals surface area contributed by atoms with Crippen LogP contribution in [-0.2, 0) is 5.41 Å². The second kappa shape index (κ2) is 14.8. The molecule has 1 aliphatic rings. The molecule has 0 amide bonds. The van der Waals surface area contributed by atoms with Crippen LogP contribution in [0.15, 0.2) is 224 Å². The molecule has 1 aromatic heterocycles. The number of rotatable bonds is 7. The third kappa shape index (κ3) is 5.97. The van der Waals surface area contributed by atoms with E-state index in [0.717, 1.165) is 17.1 Å². The lowest BCUT2D eigenvalue weighted by molar-refractivity contribution is 0.660. The Labute approximate surface area is 372 Å². The molecule has 298 valence electrons. The smallest absolute Gasteiger partial charge is 0.0540 e. The van der Waals surface area contributed by atoms with E-state index in [4.69, 9.17) is 0 Å². The minimum Gasteiger partial charge on any atom is -0.309 e. The van der Waals surface area contributed by atoms with E-state index < -0.39 is 0 Å². The van der Waals surface area contributed by atoms with Crippen LogP contribution in [0.5, 0.6) is 0 Å². The monoisotopic (exact) mass is 821 g/mol. The first-order valence-electron chi connectivity index (χ1n) is 21.8. The van der Waals surface area contributed by atoms with Crippen LogP contribution in [-0.4, -0.2) is 0 Å². The zero-order chi connectivity index (χ0) is 42.1. The Bertz CT molecular complexity index is 3530. The van der Waals surface area contributed by atoms with Gasteiger partial charge in [-0.2, -0.15) is 0 Å². The van der Waals surface area contributed by atoms with Gasteiger partial charge in [-0.3, -0.25) is 0 Å². The predicted molar refractivity (Wildman–Crippen MR) is 271 cm³/mol.